The van der Waals surface area contributed by atoms with Crippen molar-refractivity contribution in [2.45, 2.75) is 18.9 Å². The summed E-state index contributed by atoms with van der Waals surface area (Å²) in [5.74, 6) is -2.64. The number of aromatic nitrogens is 1. The Balaban J connectivity index is 0.000000209. The Kier molecular flexibility index (Phi) is 4.65. The van der Waals surface area contributed by atoms with Gasteiger partial charge in [-0.25, -0.2) is 9.59 Å². The SMILES string of the molecule is CN1CCCC1c1ccno1.O=C(O)C(=O)O. The van der Waals surface area contributed by atoms with E-state index in [0.717, 1.165) is 5.76 Å². The van der Waals surface area contributed by atoms with Crippen LogP contribution in [-0.4, -0.2) is 45.8 Å². The summed E-state index contributed by atoms with van der Waals surface area (Å²) in [6.45, 7) is 1.17. The molecule has 1 saturated heterocycles. The molecule has 0 aliphatic carbocycles. The fraction of sp³-hybridized carbons (Fsp3) is 0.500. The van der Waals surface area contributed by atoms with Gasteiger partial charge in [-0.15, -0.1) is 0 Å². The topological polar surface area (TPSA) is 104 Å². The number of carbonyl (C=O) groups is 2. The summed E-state index contributed by atoms with van der Waals surface area (Å²) in [6, 6.07) is 2.42. The van der Waals surface area contributed by atoms with Gasteiger partial charge in [-0.3, -0.25) is 4.90 Å². The van der Waals surface area contributed by atoms with Crippen LogP contribution in [0, 0.1) is 0 Å². The second kappa shape index (κ2) is 6.00. The number of rotatable bonds is 1. The molecule has 0 saturated carbocycles. The van der Waals surface area contributed by atoms with Gasteiger partial charge in [-0.05, 0) is 26.4 Å². The predicted molar refractivity (Wildman–Crippen MR) is 56.4 cm³/mol. The summed E-state index contributed by atoms with van der Waals surface area (Å²) in [5.41, 5.74) is 0. The summed E-state index contributed by atoms with van der Waals surface area (Å²) >= 11 is 0. The quantitative estimate of drug-likeness (QED) is 0.694. The van der Waals surface area contributed by atoms with E-state index in [1.807, 2.05) is 6.07 Å². The molecule has 1 aromatic rings. The molecule has 2 N–H and O–H groups in total. The normalized spacial score (nSPS) is 19.5. The highest BCUT2D eigenvalue weighted by Crippen LogP contribution is 2.29. The molecule has 2 heterocycles. The van der Waals surface area contributed by atoms with Gasteiger partial charge in [-0.1, -0.05) is 5.16 Å². The highest BCUT2D eigenvalue weighted by molar-refractivity contribution is 6.27. The van der Waals surface area contributed by atoms with Crippen LogP contribution in [0.1, 0.15) is 24.6 Å². The van der Waals surface area contributed by atoms with Crippen LogP contribution < -0.4 is 0 Å². The Labute approximate surface area is 97.6 Å². The first-order valence-corrected chi connectivity index (χ1v) is 5.09. The van der Waals surface area contributed by atoms with Gasteiger partial charge in [0.1, 0.15) is 0 Å². The van der Waals surface area contributed by atoms with Crippen molar-refractivity contribution in [2.75, 3.05) is 13.6 Å². The molecule has 7 nitrogen and oxygen atoms in total. The van der Waals surface area contributed by atoms with E-state index in [1.54, 1.807) is 6.20 Å². The Hall–Kier alpha value is -1.89. The average molecular weight is 242 g/mol. The maximum absolute atomic E-state index is 9.10. The number of carboxylic acid groups (broad SMARTS) is 2. The van der Waals surface area contributed by atoms with E-state index in [4.69, 9.17) is 24.3 Å². The average Bonchev–Trinajstić information content (AvgIpc) is 2.88. The molecule has 94 valence electrons. The van der Waals surface area contributed by atoms with Gasteiger partial charge in [0, 0.05) is 6.07 Å². The molecule has 7 heteroatoms. The molecule has 0 radical (unpaired) electrons. The molecular weight excluding hydrogens is 228 g/mol. The third kappa shape index (κ3) is 3.87. The van der Waals surface area contributed by atoms with Crippen molar-refractivity contribution in [1.82, 2.24) is 10.1 Å². The molecule has 0 aromatic carbocycles. The molecule has 1 aliphatic rings. The Bertz CT molecular complexity index is 364. The fourth-order valence-corrected chi connectivity index (χ4v) is 1.67. The number of nitrogens with zero attached hydrogens (tertiary/aromatic N) is 2. The van der Waals surface area contributed by atoms with E-state index in [0.29, 0.717) is 6.04 Å². The third-order valence-electron chi connectivity index (χ3n) is 2.49. The molecule has 1 unspecified atom stereocenters. The summed E-state index contributed by atoms with van der Waals surface area (Å²) in [7, 11) is 2.13. The van der Waals surface area contributed by atoms with E-state index in [9.17, 15) is 0 Å². The molecular formula is C10H14N2O5. The molecule has 17 heavy (non-hydrogen) atoms. The van der Waals surface area contributed by atoms with E-state index in [2.05, 4.69) is 17.1 Å². The summed E-state index contributed by atoms with van der Waals surface area (Å²) in [5, 5.41) is 18.5. The second-order valence-corrected chi connectivity index (χ2v) is 3.66. The second-order valence-electron chi connectivity index (χ2n) is 3.66. The van der Waals surface area contributed by atoms with E-state index in [-0.39, 0.29) is 0 Å². The first kappa shape index (κ1) is 13.2. The number of hydrogen-bond acceptors (Lipinski definition) is 5. The highest BCUT2D eigenvalue weighted by atomic mass is 16.5. The van der Waals surface area contributed by atoms with Gasteiger partial charge < -0.3 is 14.7 Å². The van der Waals surface area contributed by atoms with Gasteiger partial charge in [0.25, 0.3) is 0 Å². The molecule has 0 amide bonds. The predicted octanol–water partition coefficient (Wildman–Crippen LogP) is 0.597. The van der Waals surface area contributed by atoms with Crippen LogP contribution in [0.4, 0.5) is 0 Å². The fourth-order valence-electron chi connectivity index (χ4n) is 1.67. The Morgan fingerprint density at radius 2 is 2.12 bits per heavy atom. The van der Waals surface area contributed by atoms with E-state index >= 15 is 0 Å². The monoisotopic (exact) mass is 242 g/mol. The van der Waals surface area contributed by atoms with Crippen molar-refractivity contribution >= 4 is 11.9 Å². The maximum atomic E-state index is 9.10. The molecule has 1 aromatic heterocycles. The van der Waals surface area contributed by atoms with Crippen molar-refractivity contribution in [3.05, 3.63) is 18.0 Å². The zero-order valence-corrected chi connectivity index (χ0v) is 9.37. The number of carboxylic acids is 2. The number of likely N-dealkylation sites (tertiary alicyclic amines) is 1. The van der Waals surface area contributed by atoms with Gasteiger partial charge in [-0.2, -0.15) is 0 Å². The minimum absolute atomic E-state index is 0.470. The van der Waals surface area contributed by atoms with Crippen molar-refractivity contribution in [3.63, 3.8) is 0 Å². The lowest BCUT2D eigenvalue weighted by molar-refractivity contribution is -0.159. The largest absolute Gasteiger partial charge is 0.473 e. The molecule has 1 aliphatic heterocycles. The van der Waals surface area contributed by atoms with Gasteiger partial charge in [0.15, 0.2) is 5.76 Å². The van der Waals surface area contributed by atoms with Crippen molar-refractivity contribution < 1.29 is 24.3 Å². The van der Waals surface area contributed by atoms with Gasteiger partial charge in [0.2, 0.25) is 0 Å². The van der Waals surface area contributed by atoms with E-state index < -0.39 is 11.9 Å². The van der Waals surface area contributed by atoms with Crippen LogP contribution in [0.15, 0.2) is 16.8 Å². The lowest BCUT2D eigenvalue weighted by atomic mass is 10.2. The lowest BCUT2D eigenvalue weighted by Crippen LogP contribution is -2.16. The summed E-state index contributed by atoms with van der Waals surface area (Å²) < 4.78 is 5.10. The number of aliphatic carboxylic acids is 2. The lowest BCUT2D eigenvalue weighted by Gasteiger charge is -2.15. The zero-order chi connectivity index (χ0) is 12.8. The maximum Gasteiger partial charge on any atom is 0.414 e. The van der Waals surface area contributed by atoms with Crippen LogP contribution in [0.3, 0.4) is 0 Å². The van der Waals surface area contributed by atoms with Crippen molar-refractivity contribution in [2.24, 2.45) is 0 Å². The molecule has 0 spiro atoms. The molecule has 1 atom stereocenters. The number of hydrogen-bond donors (Lipinski definition) is 2. The first-order chi connectivity index (χ1) is 8.02. The van der Waals surface area contributed by atoms with Crippen LogP contribution in [0.25, 0.3) is 0 Å². The van der Waals surface area contributed by atoms with Crippen LogP contribution in [-0.2, 0) is 9.59 Å². The zero-order valence-electron chi connectivity index (χ0n) is 9.37. The first-order valence-electron chi connectivity index (χ1n) is 5.09. The van der Waals surface area contributed by atoms with E-state index in [1.165, 1.54) is 19.4 Å². The van der Waals surface area contributed by atoms with Gasteiger partial charge >= 0.3 is 11.9 Å². The summed E-state index contributed by atoms with van der Waals surface area (Å²) in [4.78, 5) is 20.5. The molecule has 0 bridgehead atoms. The smallest absolute Gasteiger partial charge is 0.414 e. The van der Waals surface area contributed by atoms with Crippen LogP contribution in [0.5, 0.6) is 0 Å². The summed E-state index contributed by atoms with van der Waals surface area (Å²) in [6.07, 6.45) is 4.18. The van der Waals surface area contributed by atoms with Crippen LogP contribution >= 0.6 is 0 Å². The minimum Gasteiger partial charge on any atom is -0.473 e. The molecule has 2 rings (SSSR count). The highest BCUT2D eigenvalue weighted by Gasteiger charge is 2.24. The Morgan fingerprint density at radius 1 is 1.47 bits per heavy atom. The third-order valence-corrected chi connectivity index (χ3v) is 2.49. The van der Waals surface area contributed by atoms with Crippen molar-refractivity contribution in [1.29, 1.82) is 0 Å². The Morgan fingerprint density at radius 3 is 2.47 bits per heavy atom. The van der Waals surface area contributed by atoms with Crippen molar-refractivity contribution in [3.8, 4) is 0 Å². The standard InChI is InChI=1S/C8H12N2O.C2H2O4/c1-10-6-2-3-7(10)8-4-5-9-11-8;3-1(4)2(5)6/h4-5,7H,2-3,6H2,1H3;(H,3,4)(H,5,6). The molecule has 1 fully saturated rings. The minimum atomic E-state index is -1.82. The van der Waals surface area contributed by atoms with Crippen LogP contribution in [0.2, 0.25) is 0 Å². The van der Waals surface area contributed by atoms with Gasteiger partial charge in [0.05, 0.1) is 12.2 Å².